The minimum atomic E-state index is 0.850. The minimum Gasteiger partial charge on any atom is -0.455 e. The number of hydrogen-bond acceptors (Lipinski definition) is 2. The van der Waals surface area contributed by atoms with Gasteiger partial charge in [0.2, 0.25) is 0 Å². The van der Waals surface area contributed by atoms with Crippen LogP contribution in [0.15, 0.2) is 217 Å². The lowest BCUT2D eigenvalue weighted by Gasteiger charge is -2.28. The highest BCUT2D eigenvalue weighted by Crippen LogP contribution is 2.47. The van der Waals surface area contributed by atoms with Gasteiger partial charge in [0.25, 0.3) is 0 Å². The monoisotopic (exact) mass is 689 g/mol. The third-order valence-corrected chi connectivity index (χ3v) is 10.5. The SMILES string of the molecule is c1ccc(-c2ccc(N(c3ccc(-c4cc5ccccc5c5ccccc45)cc3)c3ccccc3-c3oc4ccccc4c3-c3ccccc3)cc2)cc1. The Kier molecular flexibility index (Phi) is 7.85. The van der Waals surface area contributed by atoms with Crippen LogP contribution in [0.25, 0.3) is 77.2 Å². The summed E-state index contributed by atoms with van der Waals surface area (Å²) in [5.74, 6) is 0.850. The lowest BCUT2D eigenvalue weighted by molar-refractivity contribution is 0.632. The Balaban J connectivity index is 1.16. The van der Waals surface area contributed by atoms with E-state index in [9.17, 15) is 0 Å². The number of fused-ring (bicyclic) bond motifs is 4. The zero-order chi connectivity index (χ0) is 35.8. The third-order valence-electron chi connectivity index (χ3n) is 10.5. The van der Waals surface area contributed by atoms with Crippen LogP contribution in [0.1, 0.15) is 0 Å². The molecular formula is C52H35NO. The van der Waals surface area contributed by atoms with Gasteiger partial charge in [0, 0.05) is 27.9 Å². The Bertz CT molecular complexity index is 2910. The first-order valence-electron chi connectivity index (χ1n) is 18.4. The first kappa shape index (κ1) is 31.6. The van der Waals surface area contributed by atoms with E-state index in [1.807, 2.05) is 6.07 Å². The largest absolute Gasteiger partial charge is 0.455 e. The summed E-state index contributed by atoms with van der Waals surface area (Å²) < 4.78 is 6.81. The van der Waals surface area contributed by atoms with Crippen molar-refractivity contribution in [3.63, 3.8) is 0 Å². The van der Waals surface area contributed by atoms with Gasteiger partial charge in [0.05, 0.1) is 5.69 Å². The molecule has 0 bridgehead atoms. The van der Waals surface area contributed by atoms with Crippen molar-refractivity contribution >= 4 is 49.6 Å². The summed E-state index contributed by atoms with van der Waals surface area (Å²) in [4.78, 5) is 2.36. The predicted molar refractivity (Wildman–Crippen MR) is 228 cm³/mol. The van der Waals surface area contributed by atoms with Crippen LogP contribution in [0.3, 0.4) is 0 Å². The van der Waals surface area contributed by atoms with Gasteiger partial charge in [-0.3, -0.25) is 0 Å². The molecule has 254 valence electrons. The minimum absolute atomic E-state index is 0.850. The number of furan rings is 1. The van der Waals surface area contributed by atoms with E-state index in [0.717, 1.165) is 50.5 Å². The van der Waals surface area contributed by atoms with Crippen molar-refractivity contribution in [2.45, 2.75) is 0 Å². The van der Waals surface area contributed by atoms with Crippen molar-refractivity contribution in [3.8, 4) is 44.7 Å². The van der Waals surface area contributed by atoms with Crippen LogP contribution in [-0.4, -0.2) is 0 Å². The second-order valence-electron chi connectivity index (χ2n) is 13.7. The molecule has 10 rings (SSSR count). The molecule has 10 aromatic rings. The second-order valence-corrected chi connectivity index (χ2v) is 13.7. The topological polar surface area (TPSA) is 16.4 Å². The molecule has 0 atom stereocenters. The van der Waals surface area contributed by atoms with Crippen LogP contribution in [0.4, 0.5) is 17.1 Å². The molecule has 2 heteroatoms. The maximum Gasteiger partial charge on any atom is 0.145 e. The summed E-state index contributed by atoms with van der Waals surface area (Å²) in [6.45, 7) is 0. The molecule has 9 aromatic carbocycles. The van der Waals surface area contributed by atoms with Crippen LogP contribution < -0.4 is 4.90 Å². The number of anilines is 3. The van der Waals surface area contributed by atoms with E-state index in [0.29, 0.717) is 0 Å². The van der Waals surface area contributed by atoms with Crippen molar-refractivity contribution in [1.29, 1.82) is 0 Å². The molecule has 54 heavy (non-hydrogen) atoms. The van der Waals surface area contributed by atoms with Gasteiger partial charge >= 0.3 is 0 Å². The van der Waals surface area contributed by atoms with E-state index in [1.165, 1.54) is 43.8 Å². The Labute approximate surface area is 314 Å². The highest BCUT2D eigenvalue weighted by Gasteiger charge is 2.24. The molecule has 0 unspecified atom stereocenters. The van der Waals surface area contributed by atoms with E-state index in [-0.39, 0.29) is 0 Å². The van der Waals surface area contributed by atoms with Gasteiger partial charge in [0.15, 0.2) is 0 Å². The van der Waals surface area contributed by atoms with E-state index < -0.39 is 0 Å². The van der Waals surface area contributed by atoms with Gasteiger partial charge < -0.3 is 9.32 Å². The van der Waals surface area contributed by atoms with Crippen molar-refractivity contribution in [1.82, 2.24) is 0 Å². The van der Waals surface area contributed by atoms with Gasteiger partial charge in [-0.2, -0.15) is 0 Å². The molecule has 0 aliphatic carbocycles. The number of benzene rings is 9. The van der Waals surface area contributed by atoms with Crippen molar-refractivity contribution in [2.75, 3.05) is 4.90 Å². The molecule has 0 saturated carbocycles. The molecular weight excluding hydrogens is 655 g/mol. The average Bonchev–Trinajstić information content (AvgIpc) is 3.64. The standard InChI is InChI=1S/C52H35NO/c1-3-15-36(16-4-1)37-27-31-41(32-28-37)53(42-33-29-38(30-34-42)48-35-40-19-7-8-20-43(40)44-21-9-10-22-45(44)48)49-25-13-11-23-46(49)52-51(39-17-5-2-6-18-39)47-24-12-14-26-50(47)54-52/h1-35H. The van der Waals surface area contributed by atoms with Gasteiger partial charge in [0.1, 0.15) is 11.3 Å². The summed E-state index contributed by atoms with van der Waals surface area (Å²) in [6, 6.07) is 75.7. The molecule has 0 aliphatic heterocycles. The zero-order valence-corrected chi connectivity index (χ0v) is 29.6. The van der Waals surface area contributed by atoms with Crippen LogP contribution >= 0.6 is 0 Å². The Morgan fingerprint density at radius 2 is 0.852 bits per heavy atom. The smallest absolute Gasteiger partial charge is 0.145 e. The average molecular weight is 690 g/mol. The number of hydrogen-bond donors (Lipinski definition) is 0. The molecule has 0 amide bonds. The Morgan fingerprint density at radius 3 is 1.57 bits per heavy atom. The number of rotatable bonds is 7. The highest BCUT2D eigenvalue weighted by molar-refractivity contribution is 6.14. The fourth-order valence-electron chi connectivity index (χ4n) is 7.93. The van der Waals surface area contributed by atoms with Gasteiger partial charge in [-0.1, -0.05) is 164 Å². The Hall–Kier alpha value is -7.16. The quantitative estimate of drug-likeness (QED) is 0.155. The number of nitrogens with zero attached hydrogens (tertiary/aromatic N) is 1. The molecule has 0 N–H and O–H groups in total. The van der Waals surface area contributed by atoms with E-state index in [4.69, 9.17) is 4.42 Å². The zero-order valence-electron chi connectivity index (χ0n) is 29.6. The summed E-state index contributed by atoms with van der Waals surface area (Å²) in [7, 11) is 0. The first-order valence-corrected chi connectivity index (χ1v) is 18.4. The summed E-state index contributed by atoms with van der Waals surface area (Å²) in [5.41, 5.74) is 12.0. The molecule has 0 saturated heterocycles. The third kappa shape index (κ3) is 5.53. The van der Waals surface area contributed by atoms with E-state index in [1.54, 1.807) is 0 Å². The van der Waals surface area contributed by atoms with Gasteiger partial charge in [-0.25, -0.2) is 0 Å². The molecule has 2 nitrogen and oxygen atoms in total. The van der Waals surface area contributed by atoms with Gasteiger partial charge in [-0.05, 0) is 97.9 Å². The molecule has 0 spiro atoms. The summed E-state index contributed by atoms with van der Waals surface area (Å²) >= 11 is 0. The van der Waals surface area contributed by atoms with Crippen LogP contribution in [0.5, 0.6) is 0 Å². The van der Waals surface area contributed by atoms with E-state index >= 15 is 0 Å². The molecule has 0 aliphatic rings. The first-order chi connectivity index (χ1) is 26.8. The Morgan fingerprint density at radius 1 is 0.333 bits per heavy atom. The summed E-state index contributed by atoms with van der Waals surface area (Å²) in [5, 5.41) is 6.13. The highest BCUT2D eigenvalue weighted by atomic mass is 16.3. The maximum atomic E-state index is 6.81. The second kappa shape index (κ2) is 13.4. The van der Waals surface area contributed by atoms with Gasteiger partial charge in [-0.15, -0.1) is 0 Å². The maximum absolute atomic E-state index is 6.81. The predicted octanol–water partition coefficient (Wildman–Crippen LogP) is 14.9. The normalized spacial score (nSPS) is 11.3. The van der Waals surface area contributed by atoms with Crippen LogP contribution in [0.2, 0.25) is 0 Å². The fourth-order valence-corrected chi connectivity index (χ4v) is 7.93. The van der Waals surface area contributed by atoms with Crippen molar-refractivity contribution in [3.05, 3.63) is 212 Å². The van der Waals surface area contributed by atoms with E-state index in [2.05, 4.69) is 211 Å². The van der Waals surface area contributed by atoms with Crippen LogP contribution in [-0.2, 0) is 0 Å². The lowest BCUT2D eigenvalue weighted by Crippen LogP contribution is -2.11. The fraction of sp³-hybridized carbons (Fsp3) is 0. The van der Waals surface area contributed by atoms with Crippen molar-refractivity contribution in [2.24, 2.45) is 0 Å². The molecule has 0 fully saturated rings. The molecule has 1 heterocycles. The van der Waals surface area contributed by atoms with Crippen LogP contribution in [0, 0.1) is 0 Å². The lowest BCUT2D eigenvalue weighted by atomic mass is 9.93. The summed E-state index contributed by atoms with van der Waals surface area (Å²) in [6.07, 6.45) is 0. The molecule has 1 aromatic heterocycles. The molecule has 0 radical (unpaired) electrons. The van der Waals surface area contributed by atoms with Crippen molar-refractivity contribution < 1.29 is 4.42 Å². The number of para-hydroxylation sites is 2.